The van der Waals surface area contributed by atoms with Crippen LogP contribution in [-0.2, 0) is 11.8 Å². The summed E-state index contributed by atoms with van der Waals surface area (Å²) in [4.78, 5) is 11.3. The van der Waals surface area contributed by atoms with Crippen molar-refractivity contribution in [3.63, 3.8) is 0 Å². The maximum Gasteiger partial charge on any atom is 0.233 e. The average molecular weight is 224 g/mol. The molecular formula is C11H20N4O. The molecule has 0 aliphatic rings. The Hall–Kier alpha value is -1.36. The highest BCUT2D eigenvalue weighted by Gasteiger charge is 2.12. The third kappa shape index (κ3) is 3.34. The highest BCUT2D eigenvalue weighted by molar-refractivity contribution is 5.77. The van der Waals surface area contributed by atoms with Gasteiger partial charge in [-0.15, -0.1) is 0 Å². The van der Waals surface area contributed by atoms with E-state index in [4.69, 9.17) is 0 Å². The van der Waals surface area contributed by atoms with Gasteiger partial charge in [-0.2, -0.15) is 5.10 Å². The van der Waals surface area contributed by atoms with Gasteiger partial charge in [-0.25, -0.2) is 0 Å². The van der Waals surface area contributed by atoms with E-state index in [1.54, 1.807) is 4.68 Å². The van der Waals surface area contributed by atoms with E-state index in [1.807, 2.05) is 34.0 Å². The lowest BCUT2D eigenvalue weighted by Gasteiger charge is -2.12. The number of rotatable bonds is 5. The van der Waals surface area contributed by atoms with Crippen molar-refractivity contribution < 1.29 is 4.79 Å². The van der Waals surface area contributed by atoms with Crippen LogP contribution in [-0.4, -0.2) is 28.8 Å². The van der Waals surface area contributed by atoms with Crippen molar-refractivity contribution in [1.82, 2.24) is 20.4 Å². The minimum atomic E-state index is 0.0240. The minimum absolute atomic E-state index is 0.0240. The first-order chi connectivity index (χ1) is 7.54. The normalized spacial score (nSPS) is 12.5. The third-order valence-corrected chi connectivity index (χ3v) is 2.46. The van der Waals surface area contributed by atoms with E-state index in [0.29, 0.717) is 13.1 Å². The number of carbonyl (C=O) groups is 1. The van der Waals surface area contributed by atoms with Gasteiger partial charge in [-0.1, -0.05) is 0 Å². The largest absolute Gasteiger partial charge is 0.355 e. The maximum atomic E-state index is 11.3. The molecule has 0 bridgehead atoms. The van der Waals surface area contributed by atoms with Crippen LogP contribution in [0.2, 0.25) is 0 Å². The molecule has 1 amide bonds. The number of hydrogen-bond donors (Lipinski definition) is 2. The molecule has 0 spiro atoms. The first-order valence-electron chi connectivity index (χ1n) is 5.54. The summed E-state index contributed by atoms with van der Waals surface area (Å²) in [5.41, 5.74) is 2.13. The Labute approximate surface area is 96.2 Å². The van der Waals surface area contributed by atoms with E-state index in [9.17, 15) is 4.79 Å². The summed E-state index contributed by atoms with van der Waals surface area (Å²) in [5.74, 6) is 0.0240. The lowest BCUT2D eigenvalue weighted by Crippen LogP contribution is -2.34. The molecule has 5 heteroatoms. The quantitative estimate of drug-likeness (QED) is 0.766. The molecule has 1 unspecified atom stereocenters. The zero-order chi connectivity index (χ0) is 12.1. The molecule has 0 aliphatic carbocycles. The molecule has 1 aromatic rings. The molecule has 1 rings (SSSR count). The number of carbonyl (C=O) groups excluding carboxylic acids is 1. The number of amides is 1. The van der Waals surface area contributed by atoms with Gasteiger partial charge in [0.1, 0.15) is 0 Å². The molecule has 1 aromatic heterocycles. The zero-order valence-corrected chi connectivity index (χ0v) is 10.4. The van der Waals surface area contributed by atoms with E-state index in [0.717, 1.165) is 11.3 Å². The predicted molar refractivity (Wildman–Crippen MR) is 63.0 cm³/mol. The molecule has 0 saturated carbocycles. The van der Waals surface area contributed by atoms with E-state index >= 15 is 0 Å². The summed E-state index contributed by atoms with van der Waals surface area (Å²) in [6.45, 7) is 6.92. The molecule has 16 heavy (non-hydrogen) atoms. The summed E-state index contributed by atoms with van der Waals surface area (Å²) in [7, 11) is 1.90. The third-order valence-electron chi connectivity index (χ3n) is 2.46. The Bertz CT molecular complexity index is 359. The summed E-state index contributed by atoms with van der Waals surface area (Å²) in [6, 6.07) is 0.135. The highest BCUT2D eigenvalue weighted by Crippen LogP contribution is 2.14. The second kappa shape index (κ2) is 5.65. The number of aromatic nitrogens is 2. The van der Waals surface area contributed by atoms with E-state index in [2.05, 4.69) is 15.7 Å². The van der Waals surface area contributed by atoms with Gasteiger partial charge in [-0.3, -0.25) is 9.48 Å². The van der Waals surface area contributed by atoms with Crippen molar-refractivity contribution in [2.45, 2.75) is 26.8 Å². The van der Waals surface area contributed by atoms with E-state index in [1.165, 1.54) is 0 Å². The Balaban J connectivity index is 2.49. The predicted octanol–water partition coefficient (Wildman–Crippen LogP) is 0.515. The van der Waals surface area contributed by atoms with Gasteiger partial charge in [-0.05, 0) is 20.8 Å². The standard InChI is InChI=1S/C11H20N4O/c1-5-12-11(16)6-13-8(2)10-7-15(4)14-9(10)3/h7-8,13H,5-6H2,1-4H3,(H,12,16). The van der Waals surface area contributed by atoms with Gasteiger partial charge in [0, 0.05) is 31.4 Å². The number of hydrogen-bond acceptors (Lipinski definition) is 3. The summed E-state index contributed by atoms with van der Waals surface area (Å²) in [5, 5.41) is 10.2. The lowest BCUT2D eigenvalue weighted by molar-refractivity contribution is -0.120. The molecular weight excluding hydrogens is 204 g/mol. The van der Waals surface area contributed by atoms with Gasteiger partial charge in [0.15, 0.2) is 0 Å². The smallest absolute Gasteiger partial charge is 0.233 e. The van der Waals surface area contributed by atoms with Crippen molar-refractivity contribution in [3.8, 4) is 0 Å². The van der Waals surface area contributed by atoms with Crippen LogP contribution in [0.5, 0.6) is 0 Å². The Morgan fingerprint density at radius 2 is 2.31 bits per heavy atom. The van der Waals surface area contributed by atoms with Crippen LogP contribution in [0.4, 0.5) is 0 Å². The van der Waals surface area contributed by atoms with Crippen LogP contribution in [0.1, 0.15) is 31.1 Å². The molecule has 0 aromatic carbocycles. The lowest BCUT2D eigenvalue weighted by atomic mass is 10.1. The fourth-order valence-electron chi connectivity index (χ4n) is 1.66. The van der Waals surface area contributed by atoms with Gasteiger partial charge in [0.2, 0.25) is 5.91 Å². The molecule has 0 radical (unpaired) electrons. The number of nitrogens with zero attached hydrogens (tertiary/aromatic N) is 2. The zero-order valence-electron chi connectivity index (χ0n) is 10.4. The maximum absolute atomic E-state index is 11.3. The van der Waals surface area contributed by atoms with Gasteiger partial charge in [0.05, 0.1) is 12.2 Å². The molecule has 0 saturated heterocycles. The van der Waals surface area contributed by atoms with E-state index in [-0.39, 0.29) is 11.9 Å². The van der Waals surface area contributed by atoms with Gasteiger partial charge >= 0.3 is 0 Å². The molecule has 0 aliphatic heterocycles. The van der Waals surface area contributed by atoms with Crippen molar-refractivity contribution in [1.29, 1.82) is 0 Å². The van der Waals surface area contributed by atoms with Crippen molar-refractivity contribution in [3.05, 3.63) is 17.5 Å². The Kier molecular flexibility index (Phi) is 4.49. The number of aryl methyl sites for hydroxylation is 2. The molecule has 1 heterocycles. The van der Waals surface area contributed by atoms with Gasteiger partial charge < -0.3 is 10.6 Å². The Morgan fingerprint density at radius 1 is 1.62 bits per heavy atom. The molecule has 1 atom stereocenters. The first kappa shape index (κ1) is 12.7. The van der Waals surface area contributed by atoms with Crippen LogP contribution in [0, 0.1) is 6.92 Å². The minimum Gasteiger partial charge on any atom is -0.355 e. The van der Waals surface area contributed by atoms with Crippen molar-refractivity contribution in [2.24, 2.45) is 7.05 Å². The second-order valence-corrected chi connectivity index (χ2v) is 3.90. The summed E-state index contributed by atoms with van der Waals surface area (Å²) in [6.07, 6.45) is 1.98. The number of nitrogens with one attached hydrogen (secondary N) is 2. The molecule has 90 valence electrons. The molecule has 2 N–H and O–H groups in total. The van der Waals surface area contributed by atoms with Crippen LogP contribution in [0.25, 0.3) is 0 Å². The highest BCUT2D eigenvalue weighted by atomic mass is 16.1. The first-order valence-corrected chi connectivity index (χ1v) is 5.54. The summed E-state index contributed by atoms with van der Waals surface area (Å²) >= 11 is 0. The monoisotopic (exact) mass is 224 g/mol. The van der Waals surface area contributed by atoms with Crippen LogP contribution < -0.4 is 10.6 Å². The molecule has 0 fully saturated rings. The number of likely N-dealkylation sites (N-methyl/N-ethyl adjacent to an activating group) is 1. The topological polar surface area (TPSA) is 59.0 Å². The van der Waals surface area contributed by atoms with Crippen molar-refractivity contribution in [2.75, 3.05) is 13.1 Å². The van der Waals surface area contributed by atoms with E-state index < -0.39 is 0 Å². The fourth-order valence-corrected chi connectivity index (χ4v) is 1.66. The average Bonchev–Trinajstić information content (AvgIpc) is 2.55. The van der Waals surface area contributed by atoms with Crippen molar-refractivity contribution >= 4 is 5.91 Å². The second-order valence-electron chi connectivity index (χ2n) is 3.90. The summed E-state index contributed by atoms with van der Waals surface area (Å²) < 4.78 is 1.79. The SMILES string of the molecule is CCNC(=O)CNC(C)c1cn(C)nc1C. The molecule has 5 nitrogen and oxygen atoms in total. The van der Waals surface area contributed by atoms with Crippen LogP contribution in [0.15, 0.2) is 6.20 Å². The fraction of sp³-hybridized carbons (Fsp3) is 0.636. The van der Waals surface area contributed by atoms with Crippen LogP contribution in [0.3, 0.4) is 0 Å². The van der Waals surface area contributed by atoms with Gasteiger partial charge in [0.25, 0.3) is 0 Å². The Morgan fingerprint density at radius 3 is 2.81 bits per heavy atom. The van der Waals surface area contributed by atoms with Crippen LogP contribution >= 0.6 is 0 Å².